The normalized spacial score (nSPS) is 23.5. The van der Waals surface area contributed by atoms with E-state index in [-0.39, 0.29) is 23.9 Å². The molecule has 5 heteroatoms. The molecule has 4 unspecified atom stereocenters. The van der Waals surface area contributed by atoms with E-state index in [1.165, 1.54) is 18.2 Å². The topological polar surface area (TPSA) is 49.3 Å². The number of amides is 1. The van der Waals surface area contributed by atoms with E-state index in [1.807, 2.05) is 13.8 Å². The highest BCUT2D eigenvalue weighted by atomic mass is 19.1. The van der Waals surface area contributed by atoms with Gasteiger partial charge < -0.3 is 10.4 Å². The summed E-state index contributed by atoms with van der Waals surface area (Å²) in [6, 6.07) is 3.73. The van der Waals surface area contributed by atoms with Crippen LogP contribution in [-0.2, 0) is 4.79 Å². The van der Waals surface area contributed by atoms with Gasteiger partial charge in [0.1, 0.15) is 11.6 Å². The minimum absolute atomic E-state index is 0.000115. The molecule has 0 spiro atoms. The molecule has 116 valence electrons. The van der Waals surface area contributed by atoms with Crippen LogP contribution < -0.4 is 5.32 Å². The molecule has 1 saturated carbocycles. The lowest BCUT2D eigenvalue weighted by Crippen LogP contribution is -2.36. The third kappa shape index (κ3) is 3.59. The molecule has 0 heterocycles. The largest absolute Gasteiger partial charge is 0.391 e. The number of benzene rings is 1. The van der Waals surface area contributed by atoms with Gasteiger partial charge in [-0.1, -0.05) is 26.3 Å². The Morgan fingerprint density at radius 3 is 2.62 bits per heavy atom. The van der Waals surface area contributed by atoms with Gasteiger partial charge in [0.2, 0.25) is 5.91 Å². The van der Waals surface area contributed by atoms with Gasteiger partial charge in [0.05, 0.1) is 6.10 Å². The molecule has 1 aliphatic rings. The lowest BCUT2D eigenvalue weighted by Gasteiger charge is -2.17. The van der Waals surface area contributed by atoms with Crippen molar-refractivity contribution in [3.8, 4) is 0 Å². The number of carbonyl (C=O) groups excluding carboxylic acids is 1. The number of hydrogen-bond donors (Lipinski definition) is 2. The smallest absolute Gasteiger partial charge is 0.223 e. The van der Waals surface area contributed by atoms with Crippen molar-refractivity contribution in [1.29, 1.82) is 0 Å². The number of aliphatic hydroxyl groups excluding tert-OH is 1. The van der Waals surface area contributed by atoms with E-state index in [2.05, 4.69) is 5.32 Å². The van der Waals surface area contributed by atoms with E-state index in [1.54, 1.807) is 0 Å². The summed E-state index contributed by atoms with van der Waals surface area (Å²) in [7, 11) is 0. The minimum Gasteiger partial charge on any atom is -0.391 e. The van der Waals surface area contributed by atoms with Gasteiger partial charge >= 0.3 is 0 Å². The fourth-order valence-electron chi connectivity index (χ4n) is 2.48. The van der Waals surface area contributed by atoms with Gasteiger partial charge in [0.25, 0.3) is 0 Å². The Morgan fingerprint density at radius 1 is 1.43 bits per heavy atom. The second-order valence-electron chi connectivity index (χ2n) is 5.78. The summed E-state index contributed by atoms with van der Waals surface area (Å²) >= 11 is 0. The third-order valence-electron chi connectivity index (χ3n) is 4.28. The predicted octanol–water partition coefficient (Wildman–Crippen LogP) is 2.59. The van der Waals surface area contributed by atoms with Crippen LogP contribution in [0.1, 0.15) is 38.2 Å². The van der Waals surface area contributed by atoms with Gasteiger partial charge in [-0.25, -0.2) is 8.78 Å². The molecule has 3 nitrogen and oxygen atoms in total. The minimum atomic E-state index is -0.602. The van der Waals surface area contributed by atoms with Crippen molar-refractivity contribution < 1.29 is 18.7 Å². The van der Waals surface area contributed by atoms with Crippen molar-refractivity contribution in [3.05, 3.63) is 35.4 Å². The second-order valence-corrected chi connectivity index (χ2v) is 5.78. The van der Waals surface area contributed by atoms with Crippen LogP contribution in [0.2, 0.25) is 0 Å². The lowest BCUT2D eigenvalue weighted by molar-refractivity contribution is -0.123. The number of halogens is 2. The van der Waals surface area contributed by atoms with Crippen molar-refractivity contribution in [2.24, 2.45) is 11.8 Å². The SMILES string of the molecule is CCC(C)C(O)CNC(=O)C1CC1c1c(F)cccc1F. The Labute approximate surface area is 123 Å². The van der Waals surface area contributed by atoms with Crippen LogP contribution in [0.15, 0.2) is 18.2 Å². The predicted molar refractivity (Wildman–Crippen MR) is 75.7 cm³/mol. The number of nitrogens with one attached hydrogen (secondary N) is 1. The molecule has 0 aliphatic heterocycles. The van der Waals surface area contributed by atoms with E-state index in [0.29, 0.717) is 6.42 Å². The van der Waals surface area contributed by atoms with Gasteiger partial charge in [0.15, 0.2) is 0 Å². The maximum Gasteiger partial charge on any atom is 0.223 e. The van der Waals surface area contributed by atoms with Gasteiger partial charge in [0, 0.05) is 23.9 Å². The van der Waals surface area contributed by atoms with Crippen LogP contribution >= 0.6 is 0 Å². The first kappa shape index (κ1) is 15.9. The van der Waals surface area contributed by atoms with Crippen LogP contribution in [0.4, 0.5) is 8.78 Å². The van der Waals surface area contributed by atoms with E-state index in [9.17, 15) is 18.7 Å². The molecular weight excluding hydrogens is 276 g/mol. The fraction of sp³-hybridized carbons (Fsp3) is 0.562. The molecule has 0 bridgehead atoms. The van der Waals surface area contributed by atoms with Gasteiger partial charge in [-0.05, 0) is 24.5 Å². The van der Waals surface area contributed by atoms with Crippen LogP contribution in [0, 0.1) is 23.5 Å². The van der Waals surface area contributed by atoms with Crippen molar-refractivity contribution in [2.45, 2.75) is 38.7 Å². The molecule has 2 rings (SSSR count). The summed E-state index contributed by atoms with van der Waals surface area (Å²) in [6.45, 7) is 4.05. The standard InChI is InChI=1S/C16H21F2NO2/c1-3-9(2)14(20)8-19-16(21)11-7-10(11)15-12(17)5-4-6-13(15)18/h4-6,9-11,14,20H,3,7-8H2,1-2H3,(H,19,21). The summed E-state index contributed by atoms with van der Waals surface area (Å²) in [6.07, 6.45) is 0.675. The molecular formula is C16H21F2NO2. The van der Waals surface area contributed by atoms with Crippen LogP contribution in [0.25, 0.3) is 0 Å². The van der Waals surface area contributed by atoms with Crippen molar-refractivity contribution >= 4 is 5.91 Å². The van der Waals surface area contributed by atoms with Crippen LogP contribution in [-0.4, -0.2) is 23.7 Å². The van der Waals surface area contributed by atoms with Crippen LogP contribution in [0.3, 0.4) is 0 Å². The first-order valence-electron chi connectivity index (χ1n) is 7.35. The molecule has 4 atom stereocenters. The Hall–Kier alpha value is -1.49. The summed E-state index contributed by atoms with van der Waals surface area (Å²) in [4.78, 5) is 12.0. The average Bonchev–Trinajstić information content (AvgIpc) is 3.23. The van der Waals surface area contributed by atoms with E-state index >= 15 is 0 Å². The second kappa shape index (κ2) is 6.52. The van der Waals surface area contributed by atoms with Crippen LogP contribution in [0.5, 0.6) is 0 Å². The first-order valence-corrected chi connectivity index (χ1v) is 7.35. The number of hydrogen-bond acceptors (Lipinski definition) is 2. The summed E-state index contributed by atoms with van der Waals surface area (Å²) in [5.41, 5.74) is 0.000115. The van der Waals surface area contributed by atoms with Gasteiger partial charge in [-0.2, -0.15) is 0 Å². The Morgan fingerprint density at radius 2 is 2.05 bits per heavy atom. The van der Waals surface area contributed by atoms with Gasteiger partial charge in [-0.3, -0.25) is 4.79 Å². The highest BCUT2D eigenvalue weighted by Gasteiger charge is 2.46. The zero-order chi connectivity index (χ0) is 15.6. The molecule has 1 amide bonds. The van der Waals surface area contributed by atoms with Crippen molar-refractivity contribution in [2.75, 3.05) is 6.54 Å². The Bertz CT molecular complexity index is 501. The fourth-order valence-corrected chi connectivity index (χ4v) is 2.48. The summed E-state index contributed by atoms with van der Waals surface area (Å²) in [5.74, 6) is -2.15. The average molecular weight is 297 g/mol. The molecule has 0 aromatic heterocycles. The molecule has 1 fully saturated rings. The molecule has 21 heavy (non-hydrogen) atoms. The maximum atomic E-state index is 13.6. The Kier molecular flexibility index (Phi) is 4.93. The number of aliphatic hydroxyl groups is 1. The highest BCUT2D eigenvalue weighted by molar-refractivity contribution is 5.82. The highest BCUT2D eigenvalue weighted by Crippen LogP contribution is 2.49. The van der Waals surface area contributed by atoms with E-state index in [4.69, 9.17) is 0 Å². The molecule has 0 saturated heterocycles. The monoisotopic (exact) mass is 297 g/mol. The molecule has 1 aromatic carbocycles. The lowest BCUT2D eigenvalue weighted by atomic mass is 10.0. The number of carbonyl (C=O) groups is 1. The number of rotatable bonds is 6. The van der Waals surface area contributed by atoms with E-state index in [0.717, 1.165) is 6.42 Å². The van der Waals surface area contributed by atoms with E-state index < -0.39 is 29.6 Å². The summed E-state index contributed by atoms with van der Waals surface area (Å²) in [5, 5.41) is 12.5. The summed E-state index contributed by atoms with van der Waals surface area (Å²) < 4.78 is 27.3. The van der Waals surface area contributed by atoms with Crippen molar-refractivity contribution in [1.82, 2.24) is 5.32 Å². The van der Waals surface area contributed by atoms with Crippen molar-refractivity contribution in [3.63, 3.8) is 0 Å². The molecule has 1 aromatic rings. The zero-order valence-electron chi connectivity index (χ0n) is 12.3. The molecule has 0 radical (unpaired) electrons. The first-order chi connectivity index (χ1) is 9.95. The zero-order valence-corrected chi connectivity index (χ0v) is 12.3. The quantitative estimate of drug-likeness (QED) is 0.848. The molecule has 2 N–H and O–H groups in total. The maximum absolute atomic E-state index is 13.6. The Balaban J connectivity index is 1.90. The third-order valence-corrected chi connectivity index (χ3v) is 4.28. The molecule has 1 aliphatic carbocycles. The van der Waals surface area contributed by atoms with Gasteiger partial charge in [-0.15, -0.1) is 0 Å².